The normalized spacial score (nSPS) is 12.4. The molecule has 0 aliphatic carbocycles. The average molecular weight is 424 g/mol. The monoisotopic (exact) mass is 423 g/mol. The van der Waals surface area contributed by atoms with E-state index in [2.05, 4.69) is 120 Å². The van der Waals surface area contributed by atoms with Gasteiger partial charge in [0.1, 0.15) is 0 Å². The van der Waals surface area contributed by atoms with Crippen LogP contribution >= 0.6 is 0 Å². The summed E-state index contributed by atoms with van der Waals surface area (Å²) >= 11 is 0. The maximum absolute atomic E-state index is 5.19. The lowest BCUT2D eigenvalue weighted by atomic mass is 9.85. The zero-order valence-electron chi connectivity index (χ0n) is 19.9. The lowest BCUT2D eigenvalue weighted by Gasteiger charge is -2.23. The van der Waals surface area contributed by atoms with Crippen molar-refractivity contribution in [1.82, 2.24) is 4.98 Å². The molecule has 0 saturated carbocycles. The van der Waals surface area contributed by atoms with E-state index in [1.165, 1.54) is 38.4 Å². The van der Waals surface area contributed by atoms with Crippen molar-refractivity contribution in [2.24, 2.45) is 0 Å². The standard InChI is InChI=1S/C29H33NSi/c1-20-15-23(17-24(16-20)29(2,3)4)26-19-28(31(5,6)7)25-14-13-22(18-27(25)30-26)21-11-9-8-10-12-21/h8-19H,1-7H3. The summed E-state index contributed by atoms with van der Waals surface area (Å²) in [7, 11) is -1.56. The molecule has 0 saturated heterocycles. The van der Waals surface area contributed by atoms with Gasteiger partial charge in [-0.25, -0.2) is 4.98 Å². The molecular weight excluding hydrogens is 390 g/mol. The van der Waals surface area contributed by atoms with E-state index in [1.807, 2.05) is 0 Å². The molecule has 0 amide bonds. The van der Waals surface area contributed by atoms with Crippen molar-refractivity contribution < 1.29 is 0 Å². The lowest BCUT2D eigenvalue weighted by Crippen LogP contribution is -2.38. The smallest absolute Gasteiger partial charge is 0.0785 e. The summed E-state index contributed by atoms with van der Waals surface area (Å²) in [4.78, 5) is 5.19. The molecule has 0 radical (unpaired) electrons. The number of benzene rings is 3. The van der Waals surface area contributed by atoms with Crippen LogP contribution in [-0.4, -0.2) is 13.1 Å². The topological polar surface area (TPSA) is 12.9 Å². The number of hydrogen-bond donors (Lipinski definition) is 0. The second-order valence-corrected chi connectivity index (χ2v) is 15.8. The highest BCUT2D eigenvalue weighted by Crippen LogP contribution is 2.31. The number of fused-ring (bicyclic) bond motifs is 1. The molecule has 31 heavy (non-hydrogen) atoms. The van der Waals surface area contributed by atoms with E-state index in [9.17, 15) is 0 Å². The van der Waals surface area contributed by atoms with E-state index < -0.39 is 8.07 Å². The maximum Gasteiger partial charge on any atom is 0.0785 e. The molecule has 1 nitrogen and oxygen atoms in total. The van der Waals surface area contributed by atoms with Crippen LogP contribution < -0.4 is 5.19 Å². The van der Waals surface area contributed by atoms with Crippen LogP contribution in [0.4, 0.5) is 0 Å². The number of hydrogen-bond acceptors (Lipinski definition) is 1. The zero-order valence-corrected chi connectivity index (χ0v) is 20.9. The lowest BCUT2D eigenvalue weighted by molar-refractivity contribution is 0.590. The van der Waals surface area contributed by atoms with Crippen LogP contribution in [0.5, 0.6) is 0 Å². The molecule has 0 bridgehead atoms. The van der Waals surface area contributed by atoms with Gasteiger partial charge in [-0.2, -0.15) is 0 Å². The number of rotatable bonds is 3. The second-order valence-electron chi connectivity index (χ2n) is 10.7. The van der Waals surface area contributed by atoms with Crippen LogP contribution in [0.1, 0.15) is 31.9 Å². The Balaban J connectivity index is 1.97. The molecule has 0 aliphatic rings. The molecular formula is C29H33NSi. The van der Waals surface area contributed by atoms with Crippen molar-refractivity contribution in [3.8, 4) is 22.4 Å². The van der Waals surface area contributed by atoms with Crippen molar-refractivity contribution in [2.45, 2.75) is 52.8 Å². The number of aryl methyl sites for hydroxylation is 1. The number of nitrogens with zero attached hydrogens (tertiary/aromatic N) is 1. The summed E-state index contributed by atoms with van der Waals surface area (Å²) in [5, 5.41) is 2.78. The number of aromatic nitrogens is 1. The molecule has 0 atom stereocenters. The molecule has 3 aromatic carbocycles. The first-order chi connectivity index (χ1) is 14.5. The molecule has 0 unspecified atom stereocenters. The van der Waals surface area contributed by atoms with E-state index in [0.29, 0.717) is 0 Å². The highest BCUT2D eigenvalue weighted by atomic mass is 28.3. The van der Waals surface area contributed by atoms with Gasteiger partial charge in [-0.1, -0.05) is 94.5 Å². The first kappa shape index (κ1) is 21.5. The van der Waals surface area contributed by atoms with E-state index in [1.54, 1.807) is 0 Å². The summed E-state index contributed by atoms with van der Waals surface area (Å²) in [5.41, 5.74) is 8.61. The van der Waals surface area contributed by atoms with Crippen LogP contribution in [0.15, 0.2) is 72.8 Å². The summed E-state index contributed by atoms with van der Waals surface area (Å²) in [6, 6.07) is 26.6. The molecule has 4 rings (SSSR count). The summed E-state index contributed by atoms with van der Waals surface area (Å²) in [6.45, 7) is 16.3. The van der Waals surface area contributed by atoms with Gasteiger partial charge in [0, 0.05) is 5.56 Å². The van der Waals surface area contributed by atoms with Crippen molar-refractivity contribution in [3.05, 3.63) is 83.9 Å². The quantitative estimate of drug-likeness (QED) is 0.307. The molecule has 4 aromatic rings. The largest absolute Gasteiger partial charge is 0.248 e. The average Bonchev–Trinajstić information content (AvgIpc) is 2.71. The first-order valence-corrected chi connectivity index (χ1v) is 14.7. The van der Waals surface area contributed by atoms with Gasteiger partial charge in [-0.3, -0.25) is 0 Å². The van der Waals surface area contributed by atoms with Crippen molar-refractivity contribution in [1.29, 1.82) is 0 Å². The Labute approximate surface area is 188 Å². The summed E-state index contributed by atoms with van der Waals surface area (Å²) in [5.74, 6) is 0. The third kappa shape index (κ3) is 4.50. The fourth-order valence-electron chi connectivity index (χ4n) is 4.17. The van der Waals surface area contributed by atoms with Crippen molar-refractivity contribution >= 4 is 24.2 Å². The number of pyridine rings is 1. The predicted molar refractivity (Wildman–Crippen MR) is 139 cm³/mol. The predicted octanol–water partition coefficient (Wildman–Crippen LogP) is 7.72. The van der Waals surface area contributed by atoms with Crippen molar-refractivity contribution in [2.75, 3.05) is 0 Å². The molecule has 0 fully saturated rings. The van der Waals surface area contributed by atoms with Gasteiger partial charge in [0.05, 0.1) is 19.3 Å². The first-order valence-electron chi connectivity index (χ1n) is 11.2. The van der Waals surface area contributed by atoms with E-state index in [4.69, 9.17) is 4.98 Å². The van der Waals surface area contributed by atoms with Gasteiger partial charge in [-0.05, 0) is 63.9 Å². The van der Waals surface area contributed by atoms with Gasteiger partial charge in [0.25, 0.3) is 0 Å². The van der Waals surface area contributed by atoms with E-state index in [0.717, 1.165) is 11.2 Å². The second kappa shape index (κ2) is 7.76. The molecule has 158 valence electrons. The molecule has 1 heterocycles. The third-order valence-corrected chi connectivity index (χ3v) is 7.99. The Bertz CT molecular complexity index is 1240. The Morgan fingerprint density at radius 1 is 0.710 bits per heavy atom. The fraction of sp³-hybridized carbons (Fsp3) is 0.276. The Hall–Kier alpha value is -2.71. The van der Waals surface area contributed by atoms with E-state index >= 15 is 0 Å². The summed E-state index contributed by atoms with van der Waals surface area (Å²) in [6.07, 6.45) is 0. The van der Waals surface area contributed by atoms with E-state index in [-0.39, 0.29) is 5.41 Å². The summed E-state index contributed by atoms with van der Waals surface area (Å²) < 4.78 is 0. The molecule has 0 N–H and O–H groups in total. The van der Waals surface area contributed by atoms with Gasteiger partial charge in [0.15, 0.2) is 0 Å². The minimum absolute atomic E-state index is 0.111. The van der Waals surface area contributed by atoms with Gasteiger partial charge in [0.2, 0.25) is 0 Å². The van der Waals surface area contributed by atoms with Crippen molar-refractivity contribution in [3.63, 3.8) is 0 Å². The molecule has 2 heteroatoms. The molecule has 0 spiro atoms. The van der Waals surface area contributed by atoms with Gasteiger partial charge < -0.3 is 0 Å². The van der Waals surface area contributed by atoms with Crippen LogP contribution in [0, 0.1) is 6.92 Å². The van der Waals surface area contributed by atoms with Gasteiger partial charge >= 0.3 is 0 Å². The van der Waals surface area contributed by atoms with Crippen LogP contribution in [0.25, 0.3) is 33.3 Å². The molecule has 1 aromatic heterocycles. The zero-order chi connectivity index (χ0) is 22.4. The van der Waals surface area contributed by atoms with Crippen LogP contribution in [0.2, 0.25) is 19.6 Å². The third-order valence-electron chi connectivity index (χ3n) is 5.96. The van der Waals surface area contributed by atoms with Crippen LogP contribution in [0.3, 0.4) is 0 Å². The SMILES string of the molecule is Cc1cc(-c2cc([Si](C)(C)C)c3ccc(-c4ccccc4)cc3n2)cc(C(C)(C)C)c1. The highest BCUT2D eigenvalue weighted by molar-refractivity contribution is 6.90. The van der Waals surface area contributed by atoms with Crippen LogP contribution in [-0.2, 0) is 5.41 Å². The maximum atomic E-state index is 5.19. The highest BCUT2D eigenvalue weighted by Gasteiger charge is 2.22. The minimum Gasteiger partial charge on any atom is -0.248 e. The molecule has 0 aliphatic heterocycles. The Kier molecular flexibility index (Phi) is 5.39. The minimum atomic E-state index is -1.56. The Morgan fingerprint density at radius 3 is 2.06 bits per heavy atom. The fourth-order valence-corrected chi connectivity index (χ4v) is 5.76. The Morgan fingerprint density at radius 2 is 1.42 bits per heavy atom. The van der Waals surface area contributed by atoms with Gasteiger partial charge in [-0.15, -0.1) is 0 Å².